The van der Waals surface area contributed by atoms with Crippen molar-refractivity contribution in [2.45, 2.75) is 51.5 Å². The SMILES string of the molecule is COC(C)=O.N/N=C(\N)c1ccc(CCNC(=O)c2ccc3c(c2)nc(-c2ccoc2)n3C2CCCCC2)cc1. The average Bonchev–Trinajstić information content (AvgIpc) is 3.65. The van der Waals surface area contributed by atoms with E-state index in [9.17, 15) is 9.59 Å². The number of carbonyl (C=O) groups excluding carboxylic acids is 2. The number of aromatic nitrogens is 2. The summed E-state index contributed by atoms with van der Waals surface area (Å²) in [6, 6.07) is 15.8. The normalized spacial score (nSPS) is 13.9. The number of ether oxygens (including phenoxy) is 1. The van der Waals surface area contributed by atoms with Gasteiger partial charge in [0.2, 0.25) is 0 Å². The van der Waals surface area contributed by atoms with Crippen molar-refractivity contribution >= 4 is 28.7 Å². The van der Waals surface area contributed by atoms with Crippen molar-refractivity contribution < 1.29 is 18.7 Å². The van der Waals surface area contributed by atoms with Crippen LogP contribution in [0.3, 0.4) is 0 Å². The summed E-state index contributed by atoms with van der Waals surface area (Å²) in [6.07, 6.45) is 10.1. The number of furan rings is 1. The van der Waals surface area contributed by atoms with Gasteiger partial charge in [-0.15, -0.1) is 0 Å². The second-order valence-electron chi connectivity index (χ2n) is 9.73. The molecule has 10 nitrogen and oxygen atoms in total. The van der Waals surface area contributed by atoms with Gasteiger partial charge in [-0.05, 0) is 49.1 Å². The minimum Gasteiger partial charge on any atom is -0.472 e. The van der Waals surface area contributed by atoms with Crippen LogP contribution in [0, 0.1) is 0 Å². The van der Waals surface area contributed by atoms with Crippen LogP contribution in [-0.2, 0) is 16.0 Å². The van der Waals surface area contributed by atoms with Crippen LogP contribution in [-0.4, -0.2) is 40.9 Å². The van der Waals surface area contributed by atoms with Crippen molar-refractivity contribution in [2.75, 3.05) is 13.7 Å². The largest absolute Gasteiger partial charge is 0.472 e. The number of imidazole rings is 1. The fourth-order valence-corrected chi connectivity index (χ4v) is 4.88. The molecule has 4 aromatic rings. The first-order chi connectivity index (χ1) is 19.4. The number of nitrogens with two attached hydrogens (primary N) is 2. The van der Waals surface area contributed by atoms with Gasteiger partial charge < -0.3 is 30.6 Å². The number of amides is 1. The van der Waals surface area contributed by atoms with Gasteiger partial charge in [0.05, 0.1) is 30.0 Å². The number of benzene rings is 2. The highest BCUT2D eigenvalue weighted by atomic mass is 16.5. The van der Waals surface area contributed by atoms with Crippen LogP contribution in [0.4, 0.5) is 0 Å². The van der Waals surface area contributed by atoms with Crippen molar-refractivity contribution in [3.63, 3.8) is 0 Å². The minimum atomic E-state index is -0.245. The molecular formula is C30H36N6O4. The summed E-state index contributed by atoms with van der Waals surface area (Å²) in [5, 5.41) is 6.52. The number of methoxy groups -OCH3 is 1. The van der Waals surface area contributed by atoms with E-state index >= 15 is 0 Å². The molecule has 2 heterocycles. The number of rotatable bonds is 7. The maximum Gasteiger partial charge on any atom is 0.302 e. The summed E-state index contributed by atoms with van der Waals surface area (Å²) in [4.78, 5) is 27.4. The predicted molar refractivity (Wildman–Crippen MR) is 155 cm³/mol. The number of fused-ring (bicyclic) bond motifs is 1. The Kier molecular flexibility index (Phi) is 9.56. The molecule has 210 valence electrons. The van der Waals surface area contributed by atoms with Crippen molar-refractivity contribution in [3.05, 3.63) is 77.7 Å². The molecule has 1 aliphatic carbocycles. The van der Waals surface area contributed by atoms with Crippen molar-refractivity contribution in [1.82, 2.24) is 14.9 Å². The highest BCUT2D eigenvalue weighted by molar-refractivity contribution is 5.98. The molecule has 0 aliphatic heterocycles. The van der Waals surface area contributed by atoms with Gasteiger partial charge in [-0.1, -0.05) is 43.5 Å². The third-order valence-corrected chi connectivity index (χ3v) is 7.05. The third kappa shape index (κ3) is 6.88. The van der Waals surface area contributed by atoms with Gasteiger partial charge >= 0.3 is 5.97 Å². The topological polar surface area (TPSA) is 151 Å². The van der Waals surface area contributed by atoms with Crippen LogP contribution in [0.1, 0.15) is 66.6 Å². The first-order valence-electron chi connectivity index (χ1n) is 13.4. The van der Waals surface area contributed by atoms with Crippen LogP contribution in [0.15, 0.2) is 70.6 Å². The molecule has 0 spiro atoms. The number of nitrogens with zero attached hydrogens (tertiary/aromatic N) is 3. The van der Waals surface area contributed by atoms with Crippen LogP contribution in [0.25, 0.3) is 22.4 Å². The van der Waals surface area contributed by atoms with Gasteiger partial charge in [-0.25, -0.2) is 4.98 Å². The first kappa shape index (κ1) is 28.4. The zero-order chi connectivity index (χ0) is 28.5. The lowest BCUT2D eigenvalue weighted by molar-refractivity contribution is -0.137. The van der Waals surface area contributed by atoms with Crippen LogP contribution < -0.4 is 16.9 Å². The second kappa shape index (κ2) is 13.5. The molecule has 2 aromatic carbocycles. The molecule has 2 aromatic heterocycles. The Morgan fingerprint density at radius 1 is 1.10 bits per heavy atom. The minimum absolute atomic E-state index is 0.111. The lowest BCUT2D eigenvalue weighted by Crippen LogP contribution is -2.25. The molecule has 0 radical (unpaired) electrons. The second-order valence-corrected chi connectivity index (χ2v) is 9.73. The molecule has 1 amide bonds. The van der Waals surface area contributed by atoms with Gasteiger partial charge in [-0.2, -0.15) is 5.10 Å². The molecule has 0 unspecified atom stereocenters. The van der Waals surface area contributed by atoms with Gasteiger partial charge in [0.25, 0.3) is 5.91 Å². The molecular weight excluding hydrogens is 508 g/mol. The van der Waals surface area contributed by atoms with E-state index in [4.69, 9.17) is 21.0 Å². The summed E-state index contributed by atoms with van der Waals surface area (Å²) in [5.41, 5.74) is 11.0. The number of hydrogen-bond acceptors (Lipinski definition) is 7. The van der Waals surface area contributed by atoms with Gasteiger partial charge in [0, 0.05) is 30.6 Å². The Balaban J connectivity index is 0.000000681. The summed E-state index contributed by atoms with van der Waals surface area (Å²) in [5.74, 6) is 6.06. The van der Waals surface area contributed by atoms with Crippen LogP contribution >= 0.6 is 0 Å². The zero-order valence-corrected chi connectivity index (χ0v) is 22.9. The number of carbonyl (C=O) groups is 2. The number of hydrogen-bond donors (Lipinski definition) is 3. The predicted octanol–water partition coefficient (Wildman–Crippen LogP) is 4.53. The Hall–Kier alpha value is -4.60. The van der Waals surface area contributed by atoms with E-state index in [1.54, 1.807) is 12.5 Å². The summed E-state index contributed by atoms with van der Waals surface area (Å²) in [7, 11) is 1.35. The molecule has 40 heavy (non-hydrogen) atoms. The fraction of sp³-hybridized carbons (Fsp3) is 0.333. The van der Waals surface area contributed by atoms with Crippen LogP contribution in [0.5, 0.6) is 0 Å². The standard InChI is InChI=1S/C27H30N6O2.C3H6O2/c28-25(32-29)19-8-6-18(7-9-19)12-14-30-27(34)20-10-11-24-23(16-20)31-26(21-13-15-35-17-21)33(24)22-4-2-1-3-5-22;1-3(4)5-2/h6-11,13,15-17,22H,1-5,12,14,29H2,(H2,28,32)(H,30,34);1-2H3. The highest BCUT2D eigenvalue weighted by Crippen LogP contribution is 2.36. The number of nitrogens with one attached hydrogen (secondary N) is 1. The third-order valence-electron chi connectivity index (χ3n) is 7.05. The van der Waals surface area contributed by atoms with Crippen molar-refractivity contribution in [1.29, 1.82) is 0 Å². The first-order valence-corrected chi connectivity index (χ1v) is 13.4. The Bertz CT molecular complexity index is 1450. The van der Waals surface area contributed by atoms with Crippen LogP contribution in [0.2, 0.25) is 0 Å². The maximum atomic E-state index is 12.9. The molecule has 0 saturated heterocycles. The molecule has 1 aliphatic rings. The van der Waals surface area contributed by atoms with E-state index in [0.717, 1.165) is 46.4 Å². The van der Waals surface area contributed by atoms with E-state index in [1.165, 1.54) is 33.3 Å². The maximum absolute atomic E-state index is 12.9. The Labute approximate surface area is 233 Å². The highest BCUT2D eigenvalue weighted by Gasteiger charge is 2.23. The lowest BCUT2D eigenvalue weighted by atomic mass is 9.95. The van der Waals surface area contributed by atoms with Crippen molar-refractivity contribution in [2.24, 2.45) is 16.7 Å². The van der Waals surface area contributed by atoms with E-state index < -0.39 is 0 Å². The molecule has 5 rings (SSSR count). The molecule has 10 heteroatoms. The quantitative estimate of drug-likeness (QED) is 0.102. The average molecular weight is 545 g/mol. The zero-order valence-electron chi connectivity index (χ0n) is 22.9. The number of amidine groups is 1. The summed E-state index contributed by atoms with van der Waals surface area (Å²) >= 11 is 0. The fourth-order valence-electron chi connectivity index (χ4n) is 4.88. The monoisotopic (exact) mass is 544 g/mol. The Morgan fingerprint density at radius 2 is 1.80 bits per heavy atom. The van der Waals surface area contributed by atoms with Crippen molar-refractivity contribution in [3.8, 4) is 11.4 Å². The molecule has 1 saturated carbocycles. The van der Waals surface area contributed by atoms with E-state index in [0.29, 0.717) is 30.4 Å². The molecule has 1 fully saturated rings. The van der Waals surface area contributed by atoms with E-state index in [1.807, 2.05) is 48.5 Å². The number of hydrazone groups is 1. The smallest absolute Gasteiger partial charge is 0.302 e. The van der Waals surface area contributed by atoms with E-state index in [2.05, 4.69) is 19.7 Å². The van der Waals surface area contributed by atoms with Gasteiger partial charge in [0.15, 0.2) is 0 Å². The molecule has 5 N–H and O–H groups in total. The number of esters is 1. The Morgan fingerprint density at radius 3 is 2.42 bits per heavy atom. The van der Waals surface area contributed by atoms with Gasteiger partial charge in [-0.3, -0.25) is 9.59 Å². The lowest BCUT2D eigenvalue weighted by Gasteiger charge is -2.25. The summed E-state index contributed by atoms with van der Waals surface area (Å²) in [6.45, 7) is 1.88. The molecule has 0 bridgehead atoms. The van der Waals surface area contributed by atoms with E-state index in [-0.39, 0.29) is 11.9 Å². The molecule has 0 atom stereocenters. The summed E-state index contributed by atoms with van der Waals surface area (Å²) < 4.78 is 11.8. The van der Waals surface area contributed by atoms with Gasteiger partial charge in [0.1, 0.15) is 17.9 Å².